The number of methoxy groups -OCH3 is 1. The molecule has 624 valence electrons. The van der Waals surface area contributed by atoms with E-state index in [1.54, 1.807) is 19.2 Å². The Balaban J connectivity index is 0.000000269. The fourth-order valence-corrected chi connectivity index (χ4v) is 13.6. The smallest absolute Gasteiger partial charge is 0.419 e. The highest BCUT2D eigenvalue weighted by molar-refractivity contribution is 5.68. The molecule has 0 aliphatic heterocycles. The molecule has 113 heavy (non-hydrogen) atoms. The van der Waals surface area contributed by atoms with Gasteiger partial charge >= 0.3 is 6.18 Å². The lowest BCUT2D eigenvalue weighted by molar-refractivity contribution is -0.139. The summed E-state index contributed by atoms with van der Waals surface area (Å²) in [5.41, 5.74) is 13.7. The lowest BCUT2D eigenvalue weighted by Crippen LogP contribution is -2.28. The van der Waals surface area contributed by atoms with E-state index in [1.807, 2.05) is 82.3 Å². The minimum Gasteiger partial charge on any atom is -0.492 e. The molecule has 0 radical (unpaired) electrons. The number of anilines is 1. The summed E-state index contributed by atoms with van der Waals surface area (Å²) in [7, 11) is 12.3. The molecule has 4 N–H and O–H groups in total. The second-order valence-corrected chi connectivity index (χ2v) is 29.8. The van der Waals surface area contributed by atoms with Crippen LogP contribution in [0.5, 0.6) is 23.0 Å². The van der Waals surface area contributed by atoms with Crippen LogP contribution >= 0.6 is 0 Å². The van der Waals surface area contributed by atoms with Crippen LogP contribution in [0.3, 0.4) is 0 Å². The van der Waals surface area contributed by atoms with Gasteiger partial charge in [0.1, 0.15) is 42.8 Å². The highest BCUT2D eigenvalue weighted by atomic mass is 19.4. The quantitative estimate of drug-likeness (QED) is 0.0266. The number of alkyl halides is 3. The summed E-state index contributed by atoms with van der Waals surface area (Å²) in [5.74, 6) is 3.73. The third-order valence-electron chi connectivity index (χ3n) is 20.3. The minimum atomic E-state index is -4.47. The number of aryl methyl sites for hydroxylation is 3. The van der Waals surface area contributed by atoms with Crippen LogP contribution < -0.4 is 29.2 Å². The Labute approximate surface area is 676 Å². The molecule has 2 fully saturated rings. The first-order chi connectivity index (χ1) is 53.3. The molecule has 4 aromatic heterocycles. The van der Waals surface area contributed by atoms with Gasteiger partial charge in [-0.1, -0.05) is 111 Å². The Bertz CT molecular complexity index is 4000. The first-order valence-electron chi connectivity index (χ1n) is 40.1. The van der Waals surface area contributed by atoms with Gasteiger partial charge in [-0.2, -0.15) is 33.6 Å². The number of aromatic amines is 3. The predicted octanol–water partition coefficient (Wildman–Crippen LogP) is 20.1. The van der Waals surface area contributed by atoms with E-state index in [0.717, 1.165) is 149 Å². The zero-order chi connectivity index (χ0) is 78.6. The van der Waals surface area contributed by atoms with Crippen molar-refractivity contribution < 1.29 is 36.9 Å². The number of likely N-dealkylation sites (N-methyl/N-ethyl adjacent to an activating group) is 3. The number of halogens is 3. The molecule has 22 heteroatoms. The number of hydrogen-bond acceptors (Lipinski definition) is 15. The Kier molecular flexibility index (Phi) is 42.6. The first kappa shape index (κ1) is 95.1. The molecule has 4 heterocycles. The van der Waals surface area contributed by atoms with Crippen LogP contribution in [0.1, 0.15) is 185 Å². The molecule has 2 saturated carbocycles. The molecule has 2 aliphatic carbocycles. The number of nitrogens with one attached hydrogen (secondary N) is 4. The third kappa shape index (κ3) is 31.7. The molecule has 0 unspecified atom stereocenters. The zero-order valence-corrected chi connectivity index (χ0v) is 68.2. The van der Waals surface area contributed by atoms with Crippen molar-refractivity contribution in [3.8, 4) is 56.8 Å². The highest BCUT2D eigenvalue weighted by Crippen LogP contribution is 2.43. The number of unbranched alkanes of at least 4 members (excludes halogenated alkanes) is 3. The average Bonchev–Trinajstić information content (AvgIpc) is 1.72. The monoisotopic (exact) mass is 1570 g/mol. The van der Waals surface area contributed by atoms with Gasteiger partial charge in [0.25, 0.3) is 0 Å². The van der Waals surface area contributed by atoms with Crippen molar-refractivity contribution in [3.63, 3.8) is 0 Å². The Morgan fingerprint density at radius 3 is 1.50 bits per heavy atom. The molecule has 11 rings (SSSR count). The Hall–Kier alpha value is -8.51. The summed E-state index contributed by atoms with van der Waals surface area (Å²) >= 11 is 0. The number of nitrogens with zero attached hydrogens (tertiary/aromatic N) is 10. The van der Waals surface area contributed by atoms with Crippen LogP contribution in [0.25, 0.3) is 33.8 Å². The fraction of sp³-hybridized carbons (Fsp3) is 0.538. The summed E-state index contributed by atoms with van der Waals surface area (Å²) in [5, 5.41) is 29.6. The zero-order valence-electron chi connectivity index (χ0n) is 68.2. The largest absolute Gasteiger partial charge is 0.492 e. The van der Waals surface area contributed by atoms with Crippen molar-refractivity contribution in [2.75, 3.05) is 126 Å². The average molecular weight is 1570 g/mol. The van der Waals surface area contributed by atoms with E-state index in [-0.39, 0.29) is 28.0 Å². The number of aromatic nitrogens is 8. The molecule has 0 amide bonds. The van der Waals surface area contributed by atoms with Gasteiger partial charge < -0.3 is 53.5 Å². The van der Waals surface area contributed by atoms with Gasteiger partial charge in [-0.3, -0.25) is 20.0 Å². The predicted molar refractivity (Wildman–Crippen MR) is 461 cm³/mol. The maximum Gasteiger partial charge on any atom is 0.419 e. The van der Waals surface area contributed by atoms with Gasteiger partial charge in [0.2, 0.25) is 0 Å². The Morgan fingerprint density at radius 1 is 0.522 bits per heavy atom. The summed E-state index contributed by atoms with van der Waals surface area (Å²) in [6, 6.07) is 38.9. The van der Waals surface area contributed by atoms with Gasteiger partial charge in [0.15, 0.2) is 0 Å². The van der Waals surface area contributed by atoms with Crippen molar-refractivity contribution in [1.82, 2.24) is 65.3 Å². The molecule has 5 aromatic carbocycles. The van der Waals surface area contributed by atoms with E-state index in [2.05, 4.69) is 194 Å². The van der Waals surface area contributed by atoms with Gasteiger partial charge in [0, 0.05) is 105 Å². The van der Waals surface area contributed by atoms with E-state index in [1.165, 1.54) is 97.6 Å². The number of benzene rings is 5. The molecule has 19 nitrogen and oxygen atoms in total. The van der Waals surface area contributed by atoms with Crippen LogP contribution in [-0.4, -0.2) is 181 Å². The fourth-order valence-electron chi connectivity index (χ4n) is 13.6. The number of ether oxygens (including phenoxy) is 5. The highest BCUT2D eigenvalue weighted by Gasteiger charge is 2.37. The van der Waals surface area contributed by atoms with Crippen molar-refractivity contribution >= 4 is 5.69 Å². The molecular formula is C91H139F3N14O5. The van der Waals surface area contributed by atoms with Crippen molar-refractivity contribution in [2.24, 2.45) is 11.8 Å². The molecule has 0 saturated heterocycles. The van der Waals surface area contributed by atoms with E-state index in [4.69, 9.17) is 23.7 Å². The van der Waals surface area contributed by atoms with Crippen molar-refractivity contribution in [2.45, 2.75) is 193 Å². The summed E-state index contributed by atoms with van der Waals surface area (Å²) in [4.78, 5) is 11.5. The molecular weight excluding hydrogens is 1430 g/mol. The van der Waals surface area contributed by atoms with E-state index in [9.17, 15) is 13.2 Å². The van der Waals surface area contributed by atoms with Gasteiger partial charge in [-0.25, -0.2) is 0 Å². The SMILES string of the molecule is C.C.C.CCCCN(C)Cc1ccnn1C1CCC(COC)CC1.CCCCN(C)Cc1cn[nH]c1-c1cc(C)c(OCC2CC2)c(C(F)(F)F)c1.CCCCN(C)Cc1cn[nH]c1-c1ccc(OCCOc2ccc(C)cc2)cc1.CCc1cccc(OCCN(CC)c2ccc(-c3[nH]ncc3CN(C)CCNC)cc2)c1. The molecule has 0 atom stereocenters. The number of H-pyrrole nitrogens is 3. The van der Waals surface area contributed by atoms with Gasteiger partial charge in [0.05, 0.1) is 66.1 Å². The van der Waals surface area contributed by atoms with Crippen LogP contribution in [0.4, 0.5) is 18.9 Å². The van der Waals surface area contributed by atoms with E-state index in [0.29, 0.717) is 61.8 Å². The molecule has 9 aromatic rings. The van der Waals surface area contributed by atoms with Crippen molar-refractivity contribution in [3.05, 3.63) is 185 Å². The summed E-state index contributed by atoms with van der Waals surface area (Å²) in [6.07, 6.45) is 18.2. The number of hydrogen-bond donors (Lipinski definition) is 4. The number of rotatable bonds is 41. The van der Waals surface area contributed by atoms with Crippen molar-refractivity contribution in [1.29, 1.82) is 0 Å². The first-order valence-corrected chi connectivity index (χ1v) is 40.1. The second-order valence-electron chi connectivity index (χ2n) is 29.8. The molecule has 0 bridgehead atoms. The van der Waals surface area contributed by atoms with Gasteiger partial charge in [-0.05, 0) is 242 Å². The third-order valence-corrected chi connectivity index (χ3v) is 20.3. The second kappa shape index (κ2) is 50.7. The lowest BCUT2D eigenvalue weighted by Gasteiger charge is -2.30. The van der Waals surface area contributed by atoms with Crippen LogP contribution in [0.15, 0.2) is 140 Å². The Morgan fingerprint density at radius 2 is 1.01 bits per heavy atom. The normalized spacial score (nSPS) is 13.9. The van der Waals surface area contributed by atoms with Crippen LogP contribution in [-0.2, 0) is 43.5 Å². The molecule has 2 aliphatic rings. The maximum atomic E-state index is 13.7. The van der Waals surface area contributed by atoms with Crippen LogP contribution in [0, 0.1) is 25.7 Å². The van der Waals surface area contributed by atoms with Gasteiger partial charge in [-0.15, -0.1) is 0 Å². The summed E-state index contributed by atoms with van der Waals surface area (Å²) in [6.45, 7) is 28.0. The summed E-state index contributed by atoms with van der Waals surface area (Å²) < 4.78 is 71.8. The van der Waals surface area contributed by atoms with E-state index >= 15 is 0 Å². The maximum absolute atomic E-state index is 13.7. The van der Waals surface area contributed by atoms with E-state index < -0.39 is 11.7 Å². The topological polar surface area (TPSA) is 178 Å². The molecule has 0 spiro atoms. The van der Waals surface area contributed by atoms with Crippen LogP contribution in [0.2, 0.25) is 0 Å². The lowest BCUT2D eigenvalue weighted by atomic mass is 9.86. The minimum absolute atomic E-state index is 0. The standard InChI is InChI=1S/C26H37N5O.C24H31N3O2.C21H28F3N3O.C17H31N3O.3CH4/c1-5-21-8-7-9-25(18-21)32-17-16-31(6-2)24-12-10-22(11-13-24)26-23(19-28-29-26)20-30(4)15-14-27-3;1-4-5-14-27(3)18-21-17-25-26-24(21)20-8-12-23(13-9-20)29-16-15-28-22-10-6-19(2)7-11-22;1-4-5-8-27(3)12-17-11-25-26-19(17)16-9-14(2)20(28-13-15-6-7-15)18(10-16)21(22,23)24;1-4-5-12-19(2)13-17-10-11-18-20(17)16-8-6-15(7-9-16)14-21-3;;;/h7-13,18-19,27H,5-6,14-17,20H2,1-4H3,(H,28,29);6-13,17H,4-5,14-16,18H2,1-3H3,(H,25,26);9-11,15H,4-8,12-13H2,1-3H3,(H,25,26);10-11,15-16H,4-9,12-14H2,1-3H3;3*1H4.